The normalized spacial score (nSPS) is 8.77. The Labute approximate surface area is 80.5 Å². The van der Waals surface area contributed by atoms with Crippen LogP contribution in [0.1, 0.15) is 41.0 Å². The number of carbonyl (C=O) groups excluding carboxylic acids is 2. The first-order chi connectivity index (χ1) is 5.90. The lowest BCUT2D eigenvalue weighted by Gasteiger charge is -1.95. The van der Waals surface area contributed by atoms with Crippen LogP contribution in [0.3, 0.4) is 0 Å². The number of hydrogen-bond acceptors (Lipinski definition) is 3. The first kappa shape index (κ1) is 14.7. The highest BCUT2D eigenvalue weighted by molar-refractivity contribution is 5.75. The molecule has 0 bridgehead atoms. The molecule has 0 aromatic carbocycles. The van der Waals surface area contributed by atoms with Crippen LogP contribution in [-0.4, -0.2) is 18.4 Å². The molecule has 0 aliphatic rings. The molecule has 0 N–H and O–H groups in total. The number of rotatable bonds is 3. The number of Topliss-reactive ketones (excluding diaryl/α,β-unsaturated/α-hetero) is 1. The topological polar surface area (TPSA) is 43.4 Å². The van der Waals surface area contributed by atoms with Gasteiger partial charge in [0.1, 0.15) is 5.78 Å². The highest BCUT2D eigenvalue weighted by Crippen LogP contribution is 1.97. The molecule has 0 aromatic rings. The molecule has 0 aromatic heterocycles. The van der Waals surface area contributed by atoms with Gasteiger partial charge in [-0.05, 0) is 19.8 Å². The Bertz CT molecular complexity index is 150. The van der Waals surface area contributed by atoms with Crippen molar-refractivity contribution >= 4 is 11.8 Å². The Morgan fingerprint density at radius 2 is 1.69 bits per heavy atom. The maximum atomic E-state index is 10.3. The standard InChI is InChI=1S/C6H12O.C4H8O2/c1-5(2)4-6(3)7;1-3-6-4(2)5/h5H,4H2,1-3H3;3H2,1-2H3. The van der Waals surface area contributed by atoms with E-state index in [-0.39, 0.29) is 11.8 Å². The van der Waals surface area contributed by atoms with Crippen molar-refractivity contribution in [3.63, 3.8) is 0 Å². The van der Waals surface area contributed by atoms with Gasteiger partial charge >= 0.3 is 5.97 Å². The molecule has 0 rings (SSSR count). The highest BCUT2D eigenvalue weighted by Gasteiger charge is 1.95. The van der Waals surface area contributed by atoms with E-state index in [4.69, 9.17) is 0 Å². The Morgan fingerprint density at radius 1 is 1.23 bits per heavy atom. The van der Waals surface area contributed by atoms with Crippen molar-refractivity contribution < 1.29 is 14.3 Å². The first-order valence-corrected chi connectivity index (χ1v) is 4.52. The number of ether oxygens (including phenoxy) is 1. The van der Waals surface area contributed by atoms with Crippen molar-refractivity contribution in [2.24, 2.45) is 5.92 Å². The zero-order valence-corrected chi connectivity index (χ0v) is 9.22. The Kier molecular flexibility index (Phi) is 10.4. The summed E-state index contributed by atoms with van der Waals surface area (Å²) in [5, 5.41) is 0. The van der Waals surface area contributed by atoms with E-state index in [1.807, 2.05) is 13.8 Å². The summed E-state index contributed by atoms with van der Waals surface area (Å²) in [4.78, 5) is 20.1. The van der Waals surface area contributed by atoms with Crippen molar-refractivity contribution in [2.75, 3.05) is 6.61 Å². The zero-order chi connectivity index (χ0) is 10.9. The molecule has 0 saturated heterocycles. The lowest BCUT2D eigenvalue weighted by molar-refractivity contribution is -0.140. The van der Waals surface area contributed by atoms with Crippen LogP contribution in [-0.2, 0) is 14.3 Å². The van der Waals surface area contributed by atoms with Crippen molar-refractivity contribution in [1.82, 2.24) is 0 Å². The number of hydrogen-bond donors (Lipinski definition) is 0. The van der Waals surface area contributed by atoms with Crippen molar-refractivity contribution in [3.05, 3.63) is 0 Å². The molecule has 0 heterocycles. The molecule has 3 nitrogen and oxygen atoms in total. The fraction of sp³-hybridized carbons (Fsp3) is 0.800. The smallest absolute Gasteiger partial charge is 0.302 e. The van der Waals surface area contributed by atoms with Gasteiger partial charge in [-0.25, -0.2) is 0 Å². The average Bonchev–Trinajstić information content (AvgIpc) is 1.83. The SMILES string of the molecule is CC(=O)CC(C)C.CCOC(C)=O. The molecule has 3 heteroatoms. The second-order valence-electron chi connectivity index (χ2n) is 3.22. The molecule has 0 unspecified atom stereocenters. The maximum absolute atomic E-state index is 10.3. The Morgan fingerprint density at radius 3 is 1.69 bits per heavy atom. The lowest BCUT2D eigenvalue weighted by atomic mass is 10.1. The fourth-order valence-electron chi connectivity index (χ4n) is 0.778. The summed E-state index contributed by atoms with van der Waals surface area (Å²) >= 11 is 0. The number of carbonyl (C=O) groups is 2. The molecule has 0 aliphatic heterocycles. The van der Waals surface area contributed by atoms with Crippen LogP contribution in [0.4, 0.5) is 0 Å². The average molecular weight is 188 g/mol. The summed E-state index contributed by atoms with van der Waals surface area (Å²) < 4.78 is 4.40. The van der Waals surface area contributed by atoms with E-state index in [0.29, 0.717) is 12.5 Å². The van der Waals surface area contributed by atoms with Crippen LogP contribution in [0.5, 0.6) is 0 Å². The van der Waals surface area contributed by atoms with Crippen LogP contribution in [0.2, 0.25) is 0 Å². The third-order valence-corrected chi connectivity index (χ3v) is 1.04. The minimum absolute atomic E-state index is 0.211. The van der Waals surface area contributed by atoms with Crippen LogP contribution < -0.4 is 0 Å². The van der Waals surface area contributed by atoms with Crippen LogP contribution in [0.15, 0.2) is 0 Å². The van der Waals surface area contributed by atoms with Gasteiger partial charge in [0.25, 0.3) is 0 Å². The predicted octanol–water partition coefficient (Wildman–Crippen LogP) is 2.19. The van der Waals surface area contributed by atoms with E-state index >= 15 is 0 Å². The molecule has 78 valence electrons. The zero-order valence-electron chi connectivity index (χ0n) is 9.22. The molecule has 0 fully saturated rings. The number of ketones is 1. The molecular formula is C10H20O3. The van der Waals surface area contributed by atoms with Crippen molar-refractivity contribution in [2.45, 2.75) is 41.0 Å². The summed E-state index contributed by atoms with van der Waals surface area (Å²) in [5.41, 5.74) is 0. The van der Waals surface area contributed by atoms with Gasteiger partial charge in [0.2, 0.25) is 0 Å². The maximum Gasteiger partial charge on any atom is 0.302 e. The molecule has 0 atom stereocenters. The summed E-state index contributed by atoms with van der Waals surface area (Å²) in [5.74, 6) is 0.602. The van der Waals surface area contributed by atoms with Crippen LogP contribution in [0.25, 0.3) is 0 Å². The number of esters is 1. The van der Waals surface area contributed by atoms with E-state index < -0.39 is 0 Å². The van der Waals surface area contributed by atoms with E-state index in [9.17, 15) is 9.59 Å². The summed E-state index contributed by atoms with van der Waals surface area (Å²) in [6.07, 6.45) is 0.722. The van der Waals surface area contributed by atoms with Crippen molar-refractivity contribution in [1.29, 1.82) is 0 Å². The quantitative estimate of drug-likeness (QED) is 0.638. The van der Waals surface area contributed by atoms with E-state index in [1.165, 1.54) is 6.92 Å². The second-order valence-corrected chi connectivity index (χ2v) is 3.22. The molecule has 0 spiro atoms. The van der Waals surface area contributed by atoms with Gasteiger partial charge in [-0.1, -0.05) is 13.8 Å². The third-order valence-electron chi connectivity index (χ3n) is 1.04. The van der Waals surface area contributed by atoms with Gasteiger partial charge in [-0.3, -0.25) is 4.79 Å². The van der Waals surface area contributed by atoms with Gasteiger partial charge < -0.3 is 9.53 Å². The van der Waals surface area contributed by atoms with E-state index in [1.54, 1.807) is 13.8 Å². The minimum Gasteiger partial charge on any atom is -0.466 e. The van der Waals surface area contributed by atoms with E-state index in [2.05, 4.69) is 4.74 Å². The molecule has 0 saturated carbocycles. The summed E-state index contributed by atoms with van der Waals surface area (Å²) in [6, 6.07) is 0. The summed E-state index contributed by atoms with van der Waals surface area (Å²) in [7, 11) is 0. The van der Waals surface area contributed by atoms with Crippen LogP contribution in [0, 0.1) is 5.92 Å². The van der Waals surface area contributed by atoms with Crippen LogP contribution >= 0.6 is 0 Å². The van der Waals surface area contributed by atoms with Gasteiger partial charge in [0, 0.05) is 13.3 Å². The molecule has 13 heavy (non-hydrogen) atoms. The van der Waals surface area contributed by atoms with E-state index in [0.717, 1.165) is 6.42 Å². The molecule has 0 radical (unpaired) electrons. The fourth-order valence-corrected chi connectivity index (χ4v) is 0.778. The predicted molar refractivity (Wildman–Crippen MR) is 52.4 cm³/mol. The summed E-state index contributed by atoms with van der Waals surface area (Å²) in [6.45, 7) is 9.36. The second kappa shape index (κ2) is 9.23. The van der Waals surface area contributed by atoms with Gasteiger partial charge in [-0.2, -0.15) is 0 Å². The largest absolute Gasteiger partial charge is 0.466 e. The third kappa shape index (κ3) is 24.7. The monoisotopic (exact) mass is 188 g/mol. The molecule has 0 amide bonds. The Balaban J connectivity index is 0. The van der Waals surface area contributed by atoms with Gasteiger partial charge in [0.15, 0.2) is 0 Å². The van der Waals surface area contributed by atoms with Gasteiger partial charge in [-0.15, -0.1) is 0 Å². The molecular weight excluding hydrogens is 168 g/mol. The van der Waals surface area contributed by atoms with Gasteiger partial charge in [0.05, 0.1) is 6.61 Å². The first-order valence-electron chi connectivity index (χ1n) is 4.52. The lowest BCUT2D eigenvalue weighted by Crippen LogP contribution is -1.95. The van der Waals surface area contributed by atoms with Crippen molar-refractivity contribution in [3.8, 4) is 0 Å². The Hall–Kier alpha value is -0.860. The minimum atomic E-state index is -0.211. The highest BCUT2D eigenvalue weighted by atomic mass is 16.5. The molecule has 0 aliphatic carbocycles.